The second kappa shape index (κ2) is 6.19. The highest BCUT2D eigenvalue weighted by Gasteiger charge is 2.11. The fourth-order valence-corrected chi connectivity index (χ4v) is 1.80. The average molecular weight is 276 g/mol. The predicted molar refractivity (Wildman–Crippen MR) is 70.8 cm³/mol. The van der Waals surface area contributed by atoms with E-state index in [1.807, 2.05) is 20.8 Å². The van der Waals surface area contributed by atoms with Crippen LogP contribution >= 0.6 is 23.2 Å². The minimum Gasteiger partial charge on any atom is -0.322 e. The van der Waals surface area contributed by atoms with Crippen molar-refractivity contribution in [2.45, 2.75) is 26.8 Å². The smallest absolute Gasteiger partial charge is 0.238 e. The van der Waals surface area contributed by atoms with E-state index >= 15 is 0 Å². The third-order valence-corrected chi connectivity index (χ3v) is 2.54. The summed E-state index contributed by atoms with van der Waals surface area (Å²) in [6.07, 6.45) is 0. The minimum absolute atomic E-state index is 0.159. The van der Waals surface area contributed by atoms with Gasteiger partial charge in [-0.1, -0.05) is 37.0 Å². The molecule has 0 bridgehead atoms. The van der Waals surface area contributed by atoms with E-state index < -0.39 is 0 Å². The maximum Gasteiger partial charge on any atom is 0.238 e. The molecule has 0 radical (unpaired) electrons. The molecule has 2 N–H and O–H groups in total. The van der Waals surface area contributed by atoms with Crippen LogP contribution in [-0.2, 0) is 4.79 Å². The lowest BCUT2D eigenvalue weighted by Crippen LogP contribution is -2.32. The highest BCUT2D eigenvalue weighted by molar-refractivity contribution is 6.34. The Morgan fingerprint density at radius 1 is 1.47 bits per heavy atom. The summed E-state index contributed by atoms with van der Waals surface area (Å²) < 4.78 is 0. The molecule has 0 fully saturated rings. The molecule has 1 heterocycles. The van der Waals surface area contributed by atoms with Crippen molar-refractivity contribution in [2.75, 3.05) is 11.9 Å². The van der Waals surface area contributed by atoms with Crippen LogP contribution in [0, 0.1) is 6.92 Å². The Kier molecular flexibility index (Phi) is 5.18. The number of aryl methyl sites for hydroxylation is 1. The number of rotatable bonds is 4. The van der Waals surface area contributed by atoms with Crippen LogP contribution in [0.4, 0.5) is 5.69 Å². The zero-order valence-electron chi connectivity index (χ0n) is 9.97. The number of hydrogen-bond donors (Lipinski definition) is 2. The SMILES string of the molecule is Cc1cc(Cl)nc(Cl)c1NC(=O)CNC(C)C. The summed E-state index contributed by atoms with van der Waals surface area (Å²) in [5.74, 6) is -0.159. The van der Waals surface area contributed by atoms with Gasteiger partial charge in [0, 0.05) is 6.04 Å². The standard InChI is InChI=1S/C11H15Cl2N3O/c1-6(2)14-5-9(17)16-10-7(3)4-8(12)15-11(10)13/h4,6,14H,5H2,1-3H3,(H,16,17). The van der Waals surface area contributed by atoms with E-state index in [4.69, 9.17) is 23.2 Å². The molecule has 0 saturated carbocycles. The molecular formula is C11H15Cl2N3O. The molecule has 1 rings (SSSR count). The molecule has 1 amide bonds. The van der Waals surface area contributed by atoms with Crippen LogP contribution in [0.25, 0.3) is 0 Å². The van der Waals surface area contributed by atoms with Crippen LogP contribution in [0.2, 0.25) is 10.3 Å². The van der Waals surface area contributed by atoms with Crippen molar-refractivity contribution in [3.63, 3.8) is 0 Å². The largest absolute Gasteiger partial charge is 0.322 e. The predicted octanol–water partition coefficient (Wildman–Crippen LogP) is 2.63. The van der Waals surface area contributed by atoms with Crippen LogP contribution in [0.15, 0.2) is 6.07 Å². The maximum absolute atomic E-state index is 11.6. The van der Waals surface area contributed by atoms with Crippen LogP contribution in [-0.4, -0.2) is 23.5 Å². The van der Waals surface area contributed by atoms with Crippen molar-refractivity contribution in [3.05, 3.63) is 21.9 Å². The Labute approximate surface area is 111 Å². The monoisotopic (exact) mass is 275 g/mol. The molecule has 4 nitrogen and oxygen atoms in total. The van der Waals surface area contributed by atoms with Crippen molar-refractivity contribution in [1.82, 2.24) is 10.3 Å². The Bertz CT molecular complexity index is 398. The molecule has 17 heavy (non-hydrogen) atoms. The lowest BCUT2D eigenvalue weighted by atomic mass is 10.2. The molecule has 0 spiro atoms. The number of nitrogens with zero attached hydrogens (tertiary/aromatic N) is 1. The molecule has 0 unspecified atom stereocenters. The van der Waals surface area contributed by atoms with Gasteiger partial charge in [0.25, 0.3) is 0 Å². The lowest BCUT2D eigenvalue weighted by Gasteiger charge is -2.11. The average Bonchev–Trinajstić information content (AvgIpc) is 2.20. The molecule has 0 atom stereocenters. The molecule has 0 saturated heterocycles. The molecular weight excluding hydrogens is 261 g/mol. The van der Waals surface area contributed by atoms with Gasteiger partial charge in [-0.2, -0.15) is 0 Å². The van der Waals surface area contributed by atoms with Gasteiger partial charge in [-0.05, 0) is 18.6 Å². The normalized spacial score (nSPS) is 10.7. The first-order valence-electron chi connectivity index (χ1n) is 5.26. The minimum atomic E-state index is -0.159. The molecule has 0 aliphatic carbocycles. The van der Waals surface area contributed by atoms with Gasteiger partial charge in [0.15, 0.2) is 5.15 Å². The van der Waals surface area contributed by atoms with Crippen LogP contribution in [0.3, 0.4) is 0 Å². The van der Waals surface area contributed by atoms with Crippen molar-refractivity contribution in [3.8, 4) is 0 Å². The Balaban J connectivity index is 2.72. The highest BCUT2D eigenvalue weighted by Crippen LogP contribution is 2.26. The van der Waals surface area contributed by atoms with Gasteiger partial charge in [-0.3, -0.25) is 4.79 Å². The molecule has 0 aliphatic rings. The van der Waals surface area contributed by atoms with E-state index in [9.17, 15) is 4.79 Å². The van der Waals surface area contributed by atoms with E-state index in [0.717, 1.165) is 5.56 Å². The number of anilines is 1. The summed E-state index contributed by atoms with van der Waals surface area (Å²) >= 11 is 11.7. The van der Waals surface area contributed by atoms with Crippen molar-refractivity contribution < 1.29 is 4.79 Å². The summed E-state index contributed by atoms with van der Waals surface area (Å²) in [7, 11) is 0. The van der Waals surface area contributed by atoms with Gasteiger partial charge < -0.3 is 10.6 Å². The number of aromatic nitrogens is 1. The molecule has 6 heteroatoms. The fraction of sp³-hybridized carbons (Fsp3) is 0.455. The van der Waals surface area contributed by atoms with Gasteiger partial charge in [-0.15, -0.1) is 0 Å². The van der Waals surface area contributed by atoms with E-state index in [-0.39, 0.29) is 23.6 Å². The molecule has 1 aromatic rings. The summed E-state index contributed by atoms with van der Waals surface area (Å²) in [6.45, 7) is 5.98. The third kappa shape index (κ3) is 4.50. The number of carbonyl (C=O) groups is 1. The first-order chi connectivity index (χ1) is 7.90. The van der Waals surface area contributed by atoms with Crippen molar-refractivity contribution >= 4 is 34.8 Å². The van der Waals surface area contributed by atoms with E-state index in [0.29, 0.717) is 10.8 Å². The summed E-state index contributed by atoms with van der Waals surface area (Å²) in [5.41, 5.74) is 1.29. The van der Waals surface area contributed by atoms with Gasteiger partial charge >= 0.3 is 0 Å². The number of hydrogen-bond acceptors (Lipinski definition) is 3. The zero-order chi connectivity index (χ0) is 13.0. The molecule has 94 valence electrons. The van der Waals surface area contributed by atoms with Crippen molar-refractivity contribution in [2.24, 2.45) is 0 Å². The Morgan fingerprint density at radius 2 is 2.12 bits per heavy atom. The van der Waals surface area contributed by atoms with Gasteiger partial charge in [0.05, 0.1) is 12.2 Å². The molecule has 1 aromatic heterocycles. The van der Waals surface area contributed by atoms with Gasteiger partial charge in [-0.25, -0.2) is 4.98 Å². The Morgan fingerprint density at radius 3 is 2.65 bits per heavy atom. The quantitative estimate of drug-likeness (QED) is 0.831. The van der Waals surface area contributed by atoms with E-state index in [1.54, 1.807) is 6.07 Å². The molecule has 0 aliphatic heterocycles. The number of halogens is 2. The first kappa shape index (κ1) is 14.2. The van der Waals surface area contributed by atoms with Gasteiger partial charge in [0.2, 0.25) is 5.91 Å². The summed E-state index contributed by atoms with van der Waals surface area (Å²) in [6, 6.07) is 1.90. The number of pyridine rings is 1. The Hall–Kier alpha value is -0.840. The first-order valence-corrected chi connectivity index (χ1v) is 6.01. The second-order valence-electron chi connectivity index (χ2n) is 4.01. The third-order valence-electron chi connectivity index (χ3n) is 2.08. The lowest BCUT2D eigenvalue weighted by molar-refractivity contribution is -0.115. The number of carbonyl (C=O) groups excluding carboxylic acids is 1. The van der Waals surface area contributed by atoms with Crippen LogP contribution in [0.5, 0.6) is 0 Å². The second-order valence-corrected chi connectivity index (χ2v) is 4.76. The van der Waals surface area contributed by atoms with Crippen molar-refractivity contribution in [1.29, 1.82) is 0 Å². The molecule has 0 aromatic carbocycles. The summed E-state index contributed by atoms with van der Waals surface area (Å²) in [4.78, 5) is 15.5. The fourth-order valence-electron chi connectivity index (χ4n) is 1.23. The maximum atomic E-state index is 11.6. The van der Waals surface area contributed by atoms with Crippen LogP contribution in [0.1, 0.15) is 19.4 Å². The zero-order valence-corrected chi connectivity index (χ0v) is 11.5. The number of nitrogens with one attached hydrogen (secondary N) is 2. The van der Waals surface area contributed by atoms with Crippen LogP contribution < -0.4 is 10.6 Å². The van der Waals surface area contributed by atoms with E-state index in [2.05, 4.69) is 15.6 Å². The van der Waals surface area contributed by atoms with Gasteiger partial charge in [0.1, 0.15) is 5.15 Å². The summed E-state index contributed by atoms with van der Waals surface area (Å²) in [5, 5.41) is 6.23. The highest BCUT2D eigenvalue weighted by atomic mass is 35.5. The number of amides is 1. The topological polar surface area (TPSA) is 54.0 Å². The van der Waals surface area contributed by atoms with E-state index in [1.165, 1.54) is 0 Å².